The van der Waals surface area contributed by atoms with Crippen LogP contribution in [0.4, 0.5) is 10.9 Å². The first kappa shape index (κ1) is 21.6. The minimum atomic E-state index is -0.147. The summed E-state index contributed by atoms with van der Waals surface area (Å²) >= 11 is 1.50. The van der Waals surface area contributed by atoms with Gasteiger partial charge in [-0.2, -0.15) is 4.52 Å². The molecule has 3 aromatic rings. The fourth-order valence-electron chi connectivity index (χ4n) is 3.90. The lowest BCUT2D eigenvalue weighted by molar-refractivity contribution is -0.120. The zero-order valence-corrected chi connectivity index (χ0v) is 19.8. The molecule has 1 aliphatic carbocycles. The van der Waals surface area contributed by atoms with Gasteiger partial charge in [-0.1, -0.05) is 54.0 Å². The molecule has 0 aliphatic heterocycles. The Kier molecular flexibility index (Phi) is 5.92. The van der Waals surface area contributed by atoms with Crippen molar-refractivity contribution in [1.29, 1.82) is 0 Å². The van der Waals surface area contributed by atoms with E-state index in [1.165, 1.54) is 29.7 Å². The van der Waals surface area contributed by atoms with Crippen LogP contribution in [0.25, 0.3) is 16.2 Å². The third kappa shape index (κ3) is 5.01. The number of rotatable bonds is 6. The summed E-state index contributed by atoms with van der Waals surface area (Å²) in [6.45, 7) is 8.74. The molecule has 0 radical (unpaired) electrons. The van der Waals surface area contributed by atoms with Crippen molar-refractivity contribution >= 4 is 33.2 Å². The van der Waals surface area contributed by atoms with Crippen LogP contribution in [0.2, 0.25) is 0 Å². The summed E-state index contributed by atoms with van der Waals surface area (Å²) in [5, 5.41) is 12.3. The fourth-order valence-corrected chi connectivity index (χ4v) is 4.76. The third-order valence-corrected chi connectivity index (χ3v) is 6.46. The molecule has 1 amide bonds. The van der Waals surface area contributed by atoms with E-state index in [1.54, 1.807) is 0 Å². The van der Waals surface area contributed by atoms with Gasteiger partial charge in [0.25, 0.3) is 0 Å². The number of aromatic nitrogens is 3. The molecule has 0 atom stereocenters. The summed E-state index contributed by atoms with van der Waals surface area (Å²) in [4.78, 5) is 20.0. The summed E-state index contributed by atoms with van der Waals surface area (Å²) in [6, 6.07) is 8.71. The second kappa shape index (κ2) is 8.49. The topological polar surface area (TPSA) is 74.6 Å². The molecule has 2 aromatic heterocycles. The lowest BCUT2D eigenvalue weighted by atomic mass is 10.1. The van der Waals surface area contributed by atoms with Gasteiger partial charge in [0, 0.05) is 24.2 Å². The van der Waals surface area contributed by atoms with Gasteiger partial charge >= 0.3 is 0 Å². The molecule has 1 aliphatic rings. The molecule has 31 heavy (non-hydrogen) atoms. The van der Waals surface area contributed by atoms with E-state index in [2.05, 4.69) is 62.6 Å². The van der Waals surface area contributed by atoms with Crippen LogP contribution >= 0.6 is 11.3 Å². The summed E-state index contributed by atoms with van der Waals surface area (Å²) < 4.78 is 1.87. The van der Waals surface area contributed by atoms with Crippen molar-refractivity contribution in [2.45, 2.75) is 65.0 Å². The predicted molar refractivity (Wildman–Crippen MR) is 128 cm³/mol. The van der Waals surface area contributed by atoms with E-state index >= 15 is 0 Å². The van der Waals surface area contributed by atoms with Crippen molar-refractivity contribution in [2.24, 2.45) is 0 Å². The molecule has 0 spiro atoms. The first-order valence-corrected chi connectivity index (χ1v) is 11.8. The van der Waals surface area contributed by atoms with Gasteiger partial charge in [-0.25, -0.2) is 4.98 Å². The van der Waals surface area contributed by atoms with Crippen LogP contribution in [-0.4, -0.2) is 45.7 Å². The third-order valence-electron chi connectivity index (χ3n) is 5.44. The van der Waals surface area contributed by atoms with Gasteiger partial charge in [0.05, 0.1) is 6.54 Å². The lowest BCUT2D eigenvalue weighted by Gasteiger charge is -2.22. The molecule has 2 heterocycles. The number of hydrogen-bond acceptors (Lipinski definition) is 6. The quantitative estimate of drug-likeness (QED) is 0.591. The van der Waals surface area contributed by atoms with Gasteiger partial charge in [0.15, 0.2) is 5.82 Å². The van der Waals surface area contributed by atoms with E-state index in [4.69, 9.17) is 10.1 Å². The molecule has 7 nitrogen and oxygen atoms in total. The highest BCUT2D eigenvalue weighted by Crippen LogP contribution is 2.34. The van der Waals surface area contributed by atoms with Gasteiger partial charge in [0.2, 0.25) is 16.0 Å². The van der Waals surface area contributed by atoms with Gasteiger partial charge in [0.1, 0.15) is 5.69 Å². The average Bonchev–Trinajstić information content (AvgIpc) is 3.39. The minimum Gasteiger partial charge on any atom is -0.364 e. The van der Waals surface area contributed by atoms with Crippen molar-refractivity contribution in [3.05, 3.63) is 29.8 Å². The van der Waals surface area contributed by atoms with Gasteiger partial charge < -0.3 is 15.5 Å². The first-order chi connectivity index (χ1) is 14.7. The Morgan fingerprint density at radius 3 is 2.55 bits per heavy atom. The summed E-state index contributed by atoms with van der Waals surface area (Å²) in [5.74, 6) is 0.924. The standard InChI is InChI=1S/C23H32N6OS/c1-15-10-12-16(13-11-15)19-20(26-23(2,3)4)29-21(25-19)31-22(27-29)28(5)14-18(30)24-17-8-6-7-9-17/h10-13,17,26H,6-9,14H2,1-5H3,(H,24,30). The number of anilines is 2. The van der Waals surface area contributed by atoms with Crippen LogP contribution in [-0.2, 0) is 4.79 Å². The SMILES string of the molecule is Cc1ccc(-c2nc3sc(N(C)CC(=O)NC4CCCC4)nn3c2NC(C)(C)C)cc1. The van der Waals surface area contributed by atoms with Crippen LogP contribution in [0.15, 0.2) is 24.3 Å². The van der Waals surface area contributed by atoms with E-state index in [1.807, 2.05) is 16.5 Å². The van der Waals surface area contributed by atoms with E-state index in [0.717, 1.165) is 40.0 Å². The Hall–Kier alpha value is -2.61. The smallest absolute Gasteiger partial charge is 0.239 e. The molecule has 0 saturated heterocycles. The van der Waals surface area contributed by atoms with Crippen LogP contribution in [0.1, 0.15) is 52.0 Å². The van der Waals surface area contributed by atoms with Crippen molar-refractivity contribution in [3.8, 4) is 11.3 Å². The molecule has 166 valence electrons. The van der Waals surface area contributed by atoms with E-state index in [9.17, 15) is 4.79 Å². The zero-order valence-electron chi connectivity index (χ0n) is 19.0. The summed E-state index contributed by atoms with van der Waals surface area (Å²) in [5.41, 5.74) is 3.02. The number of amides is 1. The normalized spacial score (nSPS) is 14.9. The largest absolute Gasteiger partial charge is 0.364 e. The zero-order chi connectivity index (χ0) is 22.2. The van der Waals surface area contributed by atoms with Crippen molar-refractivity contribution in [1.82, 2.24) is 19.9 Å². The fraction of sp³-hybridized carbons (Fsp3) is 0.522. The van der Waals surface area contributed by atoms with Crippen molar-refractivity contribution < 1.29 is 4.79 Å². The van der Waals surface area contributed by atoms with Crippen LogP contribution in [0.5, 0.6) is 0 Å². The van der Waals surface area contributed by atoms with Crippen molar-refractivity contribution in [2.75, 3.05) is 23.8 Å². The average molecular weight is 441 g/mol. The Balaban J connectivity index is 1.60. The molecular formula is C23H32N6OS. The highest BCUT2D eigenvalue weighted by atomic mass is 32.1. The molecule has 1 saturated carbocycles. The molecule has 0 bridgehead atoms. The van der Waals surface area contributed by atoms with Gasteiger partial charge in [-0.3, -0.25) is 4.79 Å². The molecule has 8 heteroatoms. The second-order valence-corrected chi connectivity index (χ2v) is 10.5. The van der Waals surface area contributed by atoms with Crippen LogP contribution < -0.4 is 15.5 Å². The lowest BCUT2D eigenvalue weighted by Crippen LogP contribution is -2.39. The summed E-state index contributed by atoms with van der Waals surface area (Å²) in [6.07, 6.45) is 4.59. The van der Waals surface area contributed by atoms with Gasteiger partial charge in [-0.05, 0) is 40.5 Å². The minimum absolute atomic E-state index is 0.0515. The number of nitrogens with one attached hydrogen (secondary N) is 2. The first-order valence-electron chi connectivity index (χ1n) is 10.9. The maximum Gasteiger partial charge on any atom is 0.239 e. The predicted octanol–water partition coefficient (Wildman–Crippen LogP) is 4.47. The molecule has 1 aromatic carbocycles. The van der Waals surface area contributed by atoms with Crippen molar-refractivity contribution in [3.63, 3.8) is 0 Å². The second-order valence-electron chi connectivity index (χ2n) is 9.53. The number of aryl methyl sites for hydroxylation is 1. The van der Waals surface area contributed by atoms with Gasteiger partial charge in [-0.15, -0.1) is 5.10 Å². The monoisotopic (exact) mass is 440 g/mol. The van der Waals surface area contributed by atoms with Crippen LogP contribution in [0.3, 0.4) is 0 Å². The number of benzene rings is 1. The van der Waals surface area contributed by atoms with E-state index in [-0.39, 0.29) is 11.4 Å². The maximum absolute atomic E-state index is 12.4. The summed E-state index contributed by atoms with van der Waals surface area (Å²) in [7, 11) is 1.91. The number of fused-ring (bicyclic) bond motifs is 1. The molecule has 1 fully saturated rings. The molecular weight excluding hydrogens is 408 g/mol. The number of nitrogens with zero attached hydrogens (tertiary/aromatic N) is 4. The molecule has 0 unspecified atom stereocenters. The number of imidazole rings is 1. The Morgan fingerprint density at radius 2 is 1.90 bits per heavy atom. The maximum atomic E-state index is 12.4. The molecule has 2 N–H and O–H groups in total. The number of likely N-dealkylation sites (N-methyl/N-ethyl adjacent to an activating group) is 1. The Labute approximate surface area is 187 Å². The molecule has 4 rings (SSSR count). The number of hydrogen-bond donors (Lipinski definition) is 2. The Morgan fingerprint density at radius 1 is 1.23 bits per heavy atom. The van der Waals surface area contributed by atoms with E-state index in [0.29, 0.717) is 12.6 Å². The van der Waals surface area contributed by atoms with E-state index < -0.39 is 0 Å². The number of carbonyl (C=O) groups excluding carboxylic acids is 1. The number of carbonyl (C=O) groups is 1. The highest BCUT2D eigenvalue weighted by Gasteiger charge is 2.24. The Bertz CT molecular complexity index is 1060. The van der Waals surface area contributed by atoms with Crippen LogP contribution in [0, 0.1) is 6.92 Å². The highest BCUT2D eigenvalue weighted by molar-refractivity contribution is 7.20.